The lowest BCUT2D eigenvalue weighted by Gasteiger charge is -2.33. The number of oxazole rings is 1. The Labute approximate surface area is 167 Å². The summed E-state index contributed by atoms with van der Waals surface area (Å²) in [4.78, 5) is 27.9. The Kier molecular flexibility index (Phi) is 5.52. The van der Waals surface area contributed by atoms with Crippen LogP contribution in [-0.2, 0) is 14.6 Å². The Morgan fingerprint density at radius 3 is 2.59 bits per heavy atom. The molecule has 0 aliphatic carbocycles. The van der Waals surface area contributed by atoms with E-state index in [4.69, 9.17) is 9.15 Å². The quantitative estimate of drug-likeness (QED) is 0.539. The van der Waals surface area contributed by atoms with E-state index in [0.717, 1.165) is 0 Å². The summed E-state index contributed by atoms with van der Waals surface area (Å²) in [6.45, 7) is 6.20. The number of nitrogens with zero attached hydrogens (tertiary/aromatic N) is 3. The maximum atomic E-state index is 12.7. The molecule has 1 aromatic carbocycles. The molecule has 0 N–H and O–H groups in total. The van der Waals surface area contributed by atoms with Crippen LogP contribution in [0.1, 0.15) is 33.6 Å². The molecule has 0 radical (unpaired) electrons. The molecular weight excluding hydrogens is 402 g/mol. The van der Waals surface area contributed by atoms with E-state index in [1.165, 1.54) is 18.2 Å². The van der Waals surface area contributed by atoms with Gasteiger partial charge in [-0.25, -0.2) is 13.2 Å². The predicted octanol–water partition coefficient (Wildman–Crippen LogP) is 3.16. The number of sulfone groups is 1. The van der Waals surface area contributed by atoms with Gasteiger partial charge in [0, 0.05) is 25.2 Å². The lowest BCUT2D eigenvalue weighted by atomic mass is 9.99. The highest BCUT2D eigenvalue weighted by Gasteiger charge is 2.32. The third-order valence-electron chi connectivity index (χ3n) is 4.55. The van der Waals surface area contributed by atoms with Gasteiger partial charge in [-0.3, -0.25) is 10.1 Å². The first-order valence-electron chi connectivity index (χ1n) is 9.20. The van der Waals surface area contributed by atoms with Crippen LogP contribution in [0.3, 0.4) is 0 Å². The summed E-state index contributed by atoms with van der Waals surface area (Å²) in [7, 11) is -3.80. The van der Waals surface area contributed by atoms with Crippen LogP contribution in [0.2, 0.25) is 0 Å². The van der Waals surface area contributed by atoms with Crippen LogP contribution < -0.4 is 0 Å². The highest BCUT2D eigenvalue weighted by atomic mass is 32.2. The van der Waals surface area contributed by atoms with Crippen LogP contribution >= 0.6 is 0 Å². The Hall–Kier alpha value is -2.69. The second kappa shape index (κ2) is 7.62. The molecule has 158 valence electrons. The highest BCUT2D eigenvalue weighted by Crippen LogP contribution is 2.27. The number of nitro groups is 1. The second-order valence-corrected chi connectivity index (χ2v) is 9.99. The lowest BCUT2D eigenvalue weighted by Crippen LogP contribution is -2.42. The molecule has 0 spiro atoms. The van der Waals surface area contributed by atoms with Crippen LogP contribution in [-0.4, -0.2) is 53.8 Å². The SMILES string of the molecule is CC(C)(C)OC(=O)N1CCC(CS(=O)(=O)c2nc3cc([N+](=O)[O-])ccc3o2)CC1. The van der Waals surface area contributed by atoms with Gasteiger partial charge in [0.25, 0.3) is 5.69 Å². The molecular formula is C18H23N3O7S. The molecule has 0 saturated carbocycles. The molecule has 1 amide bonds. The minimum atomic E-state index is -3.80. The topological polar surface area (TPSA) is 133 Å². The second-order valence-electron chi connectivity index (χ2n) is 8.08. The smallest absolute Gasteiger partial charge is 0.410 e. The number of benzene rings is 1. The first kappa shape index (κ1) is 21.0. The Morgan fingerprint density at radius 2 is 2.00 bits per heavy atom. The maximum absolute atomic E-state index is 12.7. The number of amides is 1. The third-order valence-corrected chi connectivity index (χ3v) is 6.17. The number of hydrogen-bond donors (Lipinski definition) is 0. The molecule has 1 aromatic heterocycles. The Morgan fingerprint density at radius 1 is 1.34 bits per heavy atom. The van der Waals surface area contributed by atoms with E-state index in [-0.39, 0.29) is 28.5 Å². The molecule has 0 unspecified atom stereocenters. The van der Waals surface area contributed by atoms with Gasteiger partial charge < -0.3 is 14.1 Å². The molecule has 1 saturated heterocycles. The number of non-ortho nitro benzene ring substituents is 1. The van der Waals surface area contributed by atoms with E-state index in [2.05, 4.69) is 4.98 Å². The molecule has 2 heterocycles. The van der Waals surface area contributed by atoms with Crippen molar-refractivity contribution in [3.63, 3.8) is 0 Å². The normalized spacial score (nSPS) is 16.2. The van der Waals surface area contributed by atoms with Gasteiger partial charge in [-0.2, -0.15) is 4.98 Å². The fraction of sp³-hybridized carbons (Fsp3) is 0.556. The van der Waals surface area contributed by atoms with E-state index < -0.39 is 31.7 Å². The monoisotopic (exact) mass is 425 g/mol. The standard InChI is InChI=1S/C18H23N3O7S/c1-18(2,3)28-17(22)20-8-6-12(7-9-20)11-29(25,26)16-19-14-10-13(21(23)24)4-5-15(14)27-16/h4-5,10,12H,6-9,11H2,1-3H3. The summed E-state index contributed by atoms with van der Waals surface area (Å²) in [6, 6.07) is 3.74. The van der Waals surface area contributed by atoms with Crippen molar-refractivity contribution in [3.8, 4) is 0 Å². The average molecular weight is 425 g/mol. The zero-order valence-electron chi connectivity index (χ0n) is 16.5. The van der Waals surface area contributed by atoms with E-state index in [1.807, 2.05) is 0 Å². The molecule has 0 bridgehead atoms. The number of piperidine rings is 1. The first-order valence-corrected chi connectivity index (χ1v) is 10.9. The molecule has 10 nitrogen and oxygen atoms in total. The fourth-order valence-corrected chi connectivity index (χ4v) is 4.68. The number of nitro benzene ring substituents is 1. The van der Waals surface area contributed by atoms with Crippen molar-refractivity contribution in [3.05, 3.63) is 28.3 Å². The molecule has 29 heavy (non-hydrogen) atoms. The molecule has 1 aliphatic rings. The minimum Gasteiger partial charge on any atom is -0.444 e. The van der Waals surface area contributed by atoms with E-state index in [0.29, 0.717) is 25.9 Å². The number of aromatic nitrogens is 1. The van der Waals surface area contributed by atoms with Gasteiger partial charge in [0.2, 0.25) is 9.84 Å². The summed E-state index contributed by atoms with van der Waals surface area (Å²) in [5.74, 6) is -0.313. The van der Waals surface area contributed by atoms with Crippen molar-refractivity contribution in [2.75, 3.05) is 18.8 Å². The van der Waals surface area contributed by atoms with Crippen molar-refractivity contribution in [2.45, 2.75) is 44.4 Å². The lowest BCUT2D eigenvalue weighted by molar-refractivity contribution is -0.384. The number of hydrogen-bond acceptors (Lipinski definition) is 8. The van der Waals surface area contributed by atoms with Crippen molar-refractivity contribution < 1.29 is 27.3 Å². The largest absolute Gasteiger partial charge is 0.444 e. The molecule has 1 fully saturated rings. The summed E-state index contributed by atoms with van der Waals surface area (Å²) in [6.07, 6.45) is 0.633. The number of likely N-dealkylation sites (tertiary alicyclic amines) is 1. The first-order chi connectivity index (χ1) is 13.4. The Bertz CT molecular complexity index is 1030. The number of ether oxygens (including phenoxy) is 1. The maximum Gasteiger partial charge on any atom is 0.410 e. The van der Waals surface area contributed by atoms with Gasteiger partial charge in [-0.15, -0.1) is 0 Å². The van der Waals surface area contributed by atoms with Gasteiger partial charge in [-0.05, 0) is 45.6 Å². The summed E-state index contributed by atoms with van der Waals surface area (Å²) < 4.78 is 36.0. The number of rotatable bonds is 4. The molecule has 3 rings (SSSR count). The van der Waals surface area contributed by atoms with Gasteiger partial charge in [-0.1, -0.05) is 0 Å². The van der Waals surface area contributed by atoms with Crippen molar-refractivity contribution in [2.24, 2.45) is 5.92 Å². The third kappa shape index (κ3) is 5.03. The van der Waals surface area contributed by atoms with Crippen LogP contribution in [0.15, 0.2) is 27.8 Å². The van der Waals surface area contributed by atoms with E-state index >= 15 is 0 Å². The van der Waals surface area contributed by atoms with Crippen molar-refractivity contribution in [1.82, 2.24) is 9.88 Å². The number of carbonyl (C=O) groups is 1. The van der Waals surface area contributed by atoms with Gasteiger partial charge in [0.05, 0.1) is 10.7 Å². The summed E-state index contributed by atoms with van der Waals surface area (Å²) in [5, 5.41) is 10.4. The van der Waals surface area contributed by atoms with Gasteiger partial charge in [0.15, 0.2) is 5.58 Å². The van der Waals surface area contributed by atoms with Crippen molar-refractivity contribution >= 4 is 32.7 Å². The van der Waals surface area contributed by atoms with Crippen LogP contribution in [0.25, 0.3) is 11.1 Å². The molecule has 0 atom stereocenters. The highest BCUT2D eigenvalue weighted by molar-refractivity contribution is 7.91. The Balaban J connectivity index is 1.65. The van der Waals surface area contributed by atoms with Gasteiger partial charge >= 0.3 is 11.3 Å². The zero-order valence-corrected chi connectivity index (χ0v) is 17.3. The molecule has 1 aliphatic heterocycles. The summed E-state index contributed by atoms with van der Waals surface area (Å²) in [5.41, 5.74) is -0.477. The van der Waals surface area contributed by atoms with Crippen LogP contribution in [0.4, 0.5) is 10.5 Å². The summed E-state index contributed by atoms with van der Waals surface area (Å²) >= 11 is 0. The molecule has 2 aromatic rings. The fourth-order valence-electron chi connectivity index (χ4n) is 3.13. The minimum absolute atomic E-state index is 0.123. The van der Waals surface area contributed by atoms with Crippen molar-refractivity contribution in [1.29, 1.82) is 0 Å². The van der Waals surface area contributed by atoms with Crippen LogP contribution in [0, 0.1) is 16.0 Å². The zero-order chi connectivity index (χ0) is 21.4. The van der Waals surface area contributed by atoms with Crippen LogP contribution in [0.5, 0.6) is 0 Å². The average Bonchev–Trinajstić information content (AvgIpc) is 3.04. The van der Waals surface area contributed by atoms with E-state index in [9.17, 15) is 23.3 Å². The van der Waals surface area contributed by atoms with Gasteiger partial charge in [0.1, 0.15) is 11.1 Å². The van der Waals surface area contributed by atoms with E-state index in [1.54, 1.807) is 25.7 Å². The predicted molar refractivity (Wildman–Crippen MR) is 103 cm³/mol. The number of fused-ring (bicyclic) bond motifs is 1. The molecule has 11 heteroatoms. The number of carbonyl (C=O) groups excluding carboxylic acids is 1.